The molecule has 19 heavy (non-hydrogen) atoms. The van der Waals surface area contributed by atoms with E-state index in [4.69, 9.17) is 9.47 Å². The molecule has 0 aliphatic rings. The zero-order valence-corrected chi connectivity index (χ0v) is 13.3. The molecule has 0 amide bonds. The first-order valence-corrected chi connectivity index (χ1v) is 7.52. The van der Waals surface area contributed by atoms with Crippen LogP contribution >= 0.6 is 0 Å². The Morgan fingerprint density at radius 1 is 1.00 bits per heavy atom. The van der Waals surface area contributed by atoms with Crippen LogP contribution in [0.1, 0.15) is 47.5 Å². The smallest absolute Gasteiger partial charge is 0.0897 e. The summed E-state index contributed by atoms with van der Waals surface area (Å²) in [5.41, 5.74) is 0. The van der Waals surface area contributed by atoms with Crippen LogP contribution in [-0.2, 0) is 9.47 Å². The summed E-state index contributed by atoms with van der Waals surface area (Å²) >= 11 is 0. The number of hydrogen-bond acceptors (Lipinski definition) is 4. The Kier molecular flexibility index (Phi) is 11.6. The summed E-state index contributed by atoms with van der Waals surface area (Å²) in [7, 11) is 0. The Balaban J connectivity index is 3.40. The lowest BCUT2D eigenvalue weighted by Gasteiger charge is -2.18. The van der Waals surface area contributed by atoms with Gasteiger partial charge in [-0.2, -0.15) is 0 Å². The molecule has 0 aromatic carbocycles. The lowest BCUT2D eigenvalue weighted by atomic mass is 10.0. The maximum Gasteiger partial charge on any atom is 0.0897 e. The Labute approximate surface area is 118 Å². The van der Waals surface area contributed by atoms with Crippen LogP contribution in [0.5, 0.6) is 0 Å². The van der Waals surface area contributed by atoms with Crippen LogP contribution in [0.15, 0.2) is 0 Å². The van der Waals surface area contributed by atoms with E-state index in [0.29, 0.717) is 32.4 Å². The molecule has 0 rings (SSSR count). The molecule has 4 heteroatoms. The van der Waals surface area contributed by atoms with Crippen molar-refractivity contribution >= 4 is 0 Å². The molecule has 0 aliphatic carbocycles. The lowest BCUT2D eigenvalue weighted by Crippen LogP contribution is -2.36. The summed E-state index contributed by atoms with van der Waals surface area (Å²) in [4.78, 5) is 0. The number of aliphatic hydroxyl groups excluding tert-OH is 1. The normalized spacial score (nSPS) is 15.2. The molecule has 0 radical (unpaired) electrons. The molecule has 4 nitrogen and oxygen atoms in total. The largest absolute Gasteiger partial charge is 0.389 e. The molecule has 0 aliphatic heterocycles. The summed E-state index contributed by atoms with van der Waals surface area (Å²) in [6, 6.07) is 0.446. The second-order valence-electron chi connectivity index (χ2n) is 5.93. The highest BCUT2D eigenvalue weighted by molar-refractivity contribution is 4.65. The maximum atomic E-state index is 9.76. The second kappa shape index (κ2) is 11.6. The Morgan fingerprint density at radius 2 is 1.68 bits per heavy atom. The van der Waals surface area contributed by atoms with Crippen molar-refractivity contribution in [3.05, 3.63) is 0 Å². The summed E-state index contributed by atoms with van der Waals surface area (Å²) in [6.07, 6.45) is 2.15. The molecule has 0 spiro atoms. The fourth-order valence-electron chi connectivity index (χ4n) is 1.64. The second-order valence-corrected chi connectivity index (χ2v) is 5.93. The van der Waals surface area contributed by atoms with Crippen LogP contribution in [0, 0.1) is 5.92 Å². The summed E-state index contributed by atoms with van der Waals surface area (Å²) in [6.45, 7) is 12.7. The third kappa shape index (κ3) is 14.1. The van der Waals surface area contributed by atoms with Gasteiger partial charge in [0.25, 0.3) is 0 Å². The summed E-state index contributed by atoms with van der Waals surface area (Å²) < 4.78 is 10.7. The van der Waals surface area contributed by atoms with Crippen molar-refractivity contribution in [3.63, 3.8) is 0 Å². The summed E-state index contributed by atoms with van der Waals surface area (Å²) in [5, 5.41) is 13.1. The molecule has 0 bridgehead atoms. The van der Waals surface area contributed by atoms with Crippen molar-refractivity contribution < 1.29 is 14.6 Å². The zero-order chi connectivity index (χ0) is 14.7. The van der Waals surface area contributed by atoms with E-state index >= 15 is 0 Å². The molecular formula is C15H33NO3. The van der Waals surface area contributed by atoms with Crippen LogP contribution in [0.4, 0.5) is 0 Å². The van der Waals surface area contributed by atoms with E-state index in [1.807, 2.05) is 13.8 Å². The van der Waals surface area contributed by atoms with Crippen molar-refractivity contribution in [1.82, 2.24) is 5.32 Å². The van der Waals surface area contributed by atoms with E-state index in [-0.39, 0.29) is 6.10 Å². The van der Waals surface area contributed by atoms with Gasteiger partial charge in [-0.25, -0.2) is 0 Å². The molecule has 0 unspecified atom stereocenters. The first-order valence-electron chi connectivity index (χ1n) is 7.52. The zero-order valence-electron chi connectivity index (χ0n) is 13.3. The van der Waals surface area contributed by atoms with Crippen molar-refractivity contribution in [2.75, 3.05) is 26.4 Å². The van der Waals surface area contributed by atoms with Gasteiger partial charge in [-0.15, -0.1) is 0 Å². The third-order valence-corrected chi connectivity index (χ3v) is 2.87. The predicted molar refractivity (Wildman–Crippen MR) is 79.5 cm³/mol. The molecule has 0 aromatic rings. The molecular weight excluding hydrogens is 242 g/mol. The number of ether oxygens (including phenoxy) is 2. The minimum absolute atomic E-state index is 0.233. The number of rotatable bonds is 12. The Morgan fingerprint density at radius 3 is 2.26 bits per heavy atom. The highest BCUT2D eigenvalue weighted by atomic mass is 16.5. The van der Waals surface area contributed by atoms with Gasteiger partial charge in [0, 0.05) is 12.6 Å². The van der Waals surface area contributed by atoms with Gasteiger partial charge in [0.2, 0.25) is 0 Å². The Hall–Kier alpha value is -0.160. The van der Waals surface area contributed by atoms with Crippen LogP contribution < -0.4 is 5.32 Å². The molecule has 116 valence electrons. The van der Waals surface area contributed by atoms with Crippen LogP contribution in [0.3, 0.4) is 0 Å². The molecule has 0 aromatic heterocycles. The maximum absolute atomic E-state index is 9.76. The highest BCUT2D eigenvalue weighted by Crippen LogP contribution is 2.06. The van der Waals surface area contributed by atoms with Crippen LogP contribution in [-0.4, -0.2) is 49.7 Å². The lowest BCUT2D eigenvalue weighted by molar-refractivity contribution is -0.0104. The minimum atomic E-state index is -0.444. The minimum Gasteiger partial charge on any atom is -0.389 e. The van der Waals surface area contributed by atoms with E-state index in [0.717, 1.165) is 12.3 Å². The van der Waals surface area contributed by atoms with Gasteiger partial charge in [0.05, 0.1) is 32.0 Å². The molecule has 0 saturated carbocycles. The number of hydrogen-bond donors (Lipinski definition) is 2. The molecule has 0 saturated heterocycles. The van der Waals surface area contributed by atoms with Crippen LogP contribution in [0.25, 0.3) is 0 Å². The number of nitrogens with one attached hydrogen (secondary N) is 1. The van der Waals surface area contributed by atoms with Crippen molar-refractivity contribution in [2.24, 2.45) is 5.92 Å². The molecule has 2 N–H and O–H groups in total. The standard InChI is InChI=1S/C15H33NO3/c1-12(2)6-7-14(5)16-10-15(17)11-18-8-9-19-13(3)4/h12-17H,6-11H2,1-5H3/t14-,15-/m1/s1. The molecule has 0 heterocycles. The molecule has 0 fully saturated rings. The average molecular weight is 275 g/mol. The van der Waals surface area contributed by atoms with Gasteiger partial charge in [-0.3, -0.25) is 0 Å². The first-order chi connectivity index (χ1) is 8.91. The monoisotopic (exact) mass is 275 g/mol. The van der Waals surface area contributed by atoms with E-state index in [9.17, 15) is 5.11 Å². The number of aliphatic hydroxyl groups is 1. The third-order valence-electron chi connectivity index (χ3n) is 2.87. The fraction of sp³-hybridized carbons (Fsp3) is 1.00. The van der Waals surface area contributed by atoms with Crippen molar-refractivity contribution in [3.8, 4) is 0 Å². The first kappa shape index (κ1) is 18.8. The van der Waals surface area contributed by atoms with E-state index in [1.54, 1.807) is 0 Å². The highest BCUT2D eigenvalue weighted by Gasteiger charge is 2.08. The van der Waals surface area contributed by atoms with Gasteiger partial charge >= 0.3 is 0 Å². The van der Waals surface area contributed by atoms with E-state index < -0.39 is 6.10 Å². The topological polar surface area (TPSA) is 50.7 Å². The van der Waals surface area contributed by atoms with Gasteiger partial charge in [0.15, 0.2) is 0 Å². The Bertz CT molecular complexity index is 198. The van der Waals surface area contributed by atoms with E-state index in [1.165, 1.54) is 6.42 Å². The summed E-state index contributed by atoms with van der Waals surface area (Å²) in [5.74, 6) is 0.735. The van der Waals surface area contributed by atoms with Crippen LogP contribution in [0.2, 0.25) is 0 Å². The van der Waals surface area contributed by atoms with Gasteiger partial charge in [0.1, 0.15) is 0 Å². The average Bonchev–Trinajstić information content (AvgIpc) is 2.33. The SMILES string of the molecule is CC(C)CC[C@@H](C)NC[C@@H](O)COCCOC(C)C. The van der Waals surface area contributed by atoms with Gasteiger partial charge in [-0.1, -0.05) is 13.8 Å². The predicted octanol–water partition coefficient (Wildman–Crippen LogP) is 2.20. The van der Waals surface area contributed by atoms with Crippen molar-refractivity contribution in [1.29, 1.82) is 0 Å². The quantitative estimate of drug-likeness (QED) is 0.536. The fourth-order valence-corrected chi connectivity index (χ4v) is 1.64. The van der Waals surface area contributed by atoms with Crippen molar-refractivity contribution in [2.45, 2.75) is 65.7 Å². The molecule has 2 atom stereocenters. The van der Waals surface area contributed by atoms with Gasteiger partial charge < -0.3 is 19.9 Å². The van der Waals surface area contributed by atoms with E-state index in [2.05, 4.69) is 26.1 Å². The van der Waals surface area contributed by atoms with Gasteiger partial charge in [-0.05, 0) is 39.5 Å².